The Bertz CT molecular complexity index is 450. The van der Waals surface area contributed by atoms with Crippen LogP contribution in [0, 0.1) is 12.3 Å². The second-order valence-electron chi connectivity index (χ2n) is 6.39. The average Bonchev–Trinajstić information content (AvgIpc) is 2.50. The Kier molecular flexibility index (Phi) is 3.50. The molecule has 0 aromatic carbocycles. The third kappa shape index (κ3) is 2.19. The summed E-state index contributed by atoms with van der Waals surface area (Å²) in [4.78, 5) is 0. The molecule has 2 rings (SSSR count). The van der Waals surface area contributed by atoms with E-state index in [1.807, 2.05) is 18.7 Å². The molecule has 1 unspecified atom stereocenters. The summed E-state index contributed by atoms with van der Waals surface area (Å²) < 4.78 is 1.89. The fourth-order valence-corrected chi connectivity index (χ4v) is 3.32. The first kappa shape index (κ1) is 13.9. The molecule has 4 heteroatoms. The molecule has 3 nitrogen and oxygen atoms in total. The van der Waals surface area contributed by atoms with Crippen molar-refractivity contribution in [3.05, 3.63) is 16.4 Å². The third-order valence-electron chi connectivity index (χ3n) is 4.77. The summed E-state index contributed by atoms with van der Waals surface area (Å²) in [7, 11) is 1.95. The van der Waals surface area contributed by atoms with Crippen LogP contribution >= 0.6 is 11.6 Å². The van der Waals surface area contributed by atoms with Gasteiger partial charge in [-0.25, -0.2) is 0 Å². The summed E-state index contributed by atoms with van der Waals surface area (Å²) in [5.74, 6) is 0. The zero-order valence-corrected chi connectivity index (χ0v) is 12.6. The first-order valence-corrected chi connectivity index (χ1v) is 7.11. The normalized spacial score (nSPS) is 27.4. The number of halogens is 1. The van der Waals surface area contributed by atoms with E-state index >= 15 is 0 Å². The van der Waals surface area contributed by atoms with Gasteiger partial charge < -0.3 is 5.73 Å². The molecule has 1 heterocycles. The van der Waals surface area contributed by atoms with Crippen LogP contribution in [0.1, 0.15) is 50.9 Å². The number of rotatable bonds is 2. The van der Waals surface area contributed by atoms with Gasteiger partial charge >= 0.3 is 0 Å². The average molecular weight is 270 g/mol. The van der Waals surface area contributed by atoms with Gasteiger partial charge in [-0.05, 0) is 25.2 Å². The van der Waals surface area contributed by atoms with Crippen molar-refractivity contribution >= 4 is 11.6 Å². The quantitative estimate of drug-likeness (QED) is 0.896. The van der Waals surface area contributed by atoms with Crippen molar-refractivity contribution in [2.45, 2.75) is 58.4 Å². The standard InChI is InChI=1S/C14H24ClN3/c1-10-12(15)11(18(4)17-10)9-14(16)8-6-5-7-13(14,2)3/h5-9,16H2,1-4H3. The van der Waals surface area contributed by atoms with Gasteiger partial charge in [0.15, 0.2) is 0 Å². The van der Waals surface area contributed by atoms with Crippen molar-refractivity contribution in [2.75, 3.05) is 0 Å². The maximum Gasteiger partial charge on any atom is 0.0847 e. The van der Waals surface area contributed by atoms with Gasteiger partial charge in [0.25, 0.3) is 0 Å². The number of aryl methyl sites for hydroxylation is 2. The monoisotopic (exact) mass is 269 g/mol. The molecule has 2 N–H and O–H groups in total. The van der Waals surface area contributed by atoms with Gasteiger partial charge in [-0.3, -0.25) is 4.68 Å². The molecule has 1 aromatic heterocycles. The first-order valence-electron chi connectivity index (χ1n) is 6.74. The van der Waals surface area contributed by atoms with E-state index in [2.05, 4.69) is 18.9 Å². The first-order chi connectivity index (χ1) is 8.27. The maximum atomic E-state index is 6.72. The molecule has 18 heavy (non-hydrogen) atoms. The van der Waals surface area contributed by atoms with Gasteiger partial charge in [0.1, 0.15) is 0 Å². The lowest BCUT2D eigenvalue weighted by molar-refractivity contribution is 0.0973. The second kappa shape index (κ2) is 4.53. The highest BCUT2D eigenvalue weighted by Gasteiger charge is 2.44. The lowest BCUT2D eigenvalue weighted by Gasteiger charge is -2.48. The van der Waals surface area contributed by atoms with E-state index in [-0.39, 0.29) is 11.0 Å². The van der Waals surface area contributed by atoms with E-state index in [0.717, 1.165) is 29.3 Å². The van der Waals surface area contributed by atoms with Gasteiger partial charge in [-0.1, -0.05) is 38.3 Å². The van der Waals surface area contributed by atoms with E-state index < -0.39 is 0 Å². The highest BCUT2D eigenvalue weighted by atomic mass is 35.5. The third-order valence-corrected chi connectivity index (χ3v) is 5.26. The summed E-state index contributed by atoms with van der Waals surface area (Å²) in [5.41, 5.74) is 8.67. The molecule has 1 atom stereocenters. The van der Waals surface area contributed by atoms with Crippen LogP contribution in [-0.4, -0.2) is 15.3 Å². The molecule has 0 bridgehead atoms. The van der Waals surface area contributed by atoms with Crippen LogP contribution in [-0.2, 0) is 13.5 Å². The molecule has 1 fully saturated rings. The van der Waals surface area contributed by atoms with Crippen LogP contribution in [0.5, 0.6) is 0 Å². The predicted molar refractivity (Wildman–Crippen MR) is 75.8 cm³/mol. The van der Waals surface area contributed by atoms with Crippen LogP contribution in [0.3, 0.4) is 0 Å². The zero-order valence-electron chi connectivity index (χ0n) is 11.9. The summed E-state index contributed by atoms with van der Waals surface area (Å²) in [6.45, 7) is 6.51. The number of aromatic nitrogens is 2. The number of nitrogens with two attached hydrogens (primary N) is 1. The van der Waals surface area contributed by atoms with E-state index in [1.165, 1.54) is 19.3 Å². The van der Waals surface area contributed by atoms with E-state index in [9.17, 15) is 0 Å². The smallest absolute Gasteiger partial charge is 0.0847 e. The fourth-order valence-electron chi connectivity index (χ4n) is 3.09. The molecule has 1 aliphatic rings. The molecular weight excluding hydrogens is 246 g/mol. The Hall–Kier alpha value is -0.540. The molecule has 102 valence electrons. The number of hydrogen-bond acceptors (Lipinski definition) is 2. The van der Waals surface area contributed by atoms with Gasteiger partial charge in [-0.2, -0.15) is 5.10 Å². The number of nitrogens with zero attached hydrogens (tertiary/aromatic N) is 2. The van der Waals surface area contributed by atoms with Crippen molar-refractivity contribution in [1.82, 2.24) is 9.78 Å². The summed E-state index contributed by atoms with van der Waals surface area (Å²) >= 11 is 6.35. The van der Waals surface area contributed by atoms with Crippen LogP contribution in [0.15, 0.2) is 0 Å². The SMILES string of the molecule is Cc1nn(C)c(CC2(N)CCCCC2(C)C)c1Cl. The summed E-state index contributed by atoms with van der Waals surface area (Å²) in [5, 5.41) is 5.17. The van der Waals surface area contributed by atoms with Gasteiger partial charge in [-0.15, -0.1) is 0 Å². The topological polar surface area (TPSA) is 43.8 Å². The minimum Gasteiger partial charge on any atom is -0.324 e. The minimum absolute atomic E-state index is 0.159. The van der Waals surface area contributed by atoms with Crippen molar-refractivity contribution < 1.29 is 0 Å². The van der Waals surface area contributed by atoms with Crippen molar-refractivity contribution in [2.24, 2.45) is 18.2 Å². The Morgan fingerprint density at radius 1 is 1.33 bits per heavy atom. The van der Waals surface area contributed by atoms with E-state index in [0.29, 0.717) is 0 Å². The molecule has 1 saturated carbocycles. The Balaban J connectivity index is 2.32. The van der Waals surface area contributed by atoms with Crippen LogP contribution in [0.25, 0.3) is 0 Å². The molecule has 0 spiro atoms. The predicted octanol–water partition coefficient (Wildman–Crippen LogP) is 3.22. The van der Waals surface area contributed by atoms with E-state index in [1.54, 1.807) is 0 Å². The highest BCUT2D eigenvalue weighted by Crippen LogP contribution is 2.44. The molecule has 0 radical (unpaired) electrons. The Morgan fingerprint density at radius 2 is 1.94 bits per heavy atom. The lowest BCUT2D eigenvalue weighted by atomic mass is 9.62. The van der Waals surface area contributed by atoms with Crippen LogP contribution in [0.2, 0.25) is 5.02 Å². The van der Waals surface area contributed by atoms with Crippen LogP contribution in [0.4, 0.5) is 0 Å². The lowest BCUT2D eigenvalue weighted by Crippen LogP contribution is -2.56. The second-order valence-corrected chi connectivity index (χ2v) is 6.77. The minimum atomic E-state index is -0.172. The largest absolute Gasteiger partial charge is 0.324 e. The van der Waals surface area contributed by atoms with Crippen molar-refractivity contribution in [3.8, 4) is 0 Å². The summed E-state index contributed by atoms with van der Waals surface area (Å²) in [6, 6.07) is 0. The van der Waals surface area contributed by atoms with Crippen LogP contribution < -0.4 is 5.73 Å². The molecule has 0 aliphatic heterocycles. The highest BCUT2D eigenvalue weighted by molar-refractivity contribution is 6.31. The van der Waals surface area contributed by atoms with Gasteiger partial charge in [0.05, 0.1) is 16.4 Å². The van der Waals surface area contributed by atoms with E-state index in [4.69, 9.17) is 17.3 Å². The molecule has 0 saturated heterocycles. The van der Waals surface area contributed by atoms with Gasteiger partial charge in [0.2, 0.25) is 0 Å². The summed E-state index contributed by atoms with van der Waals surface area (Å²) in [6.07, 6.45) is 5.58. The zero-order chi connectivity index (χ0) is 13.6. The fraction of sp³-hybridized carbons (Fsp3) is 0.786. The number of hydrogen-bond donors (Lipinski definition) is 1. The van der Waals surface area contributed by atoms with Crippen molar-refractivity contribution in [3.63, 3.8) is 0 Å². The van der Waals surface area contributed by atoms with Crippen molar-refractivity contribution in [1.29, 1.82) is 0 Å². The molecule has 1 aromatic rings. The molecular formula is C14H24ClN3. The molecule has 1 aliphatic carbocycles. The van der Waals surface area contributed by atoms with Gasteiger partial charge in [0, 0.05) is 19.0 Å². The Morgan fingerprint density at radius 3 is 2.44 bits per heavy atom. The maximum absolute atomic E-state index is 6.72. The molecule has 0 amide bonds. The Labute approximate surface area is 115 Å².